The van der Waals surface area contributed by atoms with Gasteiger partial charge in [0.25, 0.3) is 0 Å². The summed E-state index contributed by atoms with van der Waals surface area (Å²) >= 11 is 3.95. The van der Waals surface area contributed by atoms with Gasteiger partial charge in [-0.15, -0.1) is 23.1 Å². The fourth-order valence-electron chi connectivity index (χ4n) is 8.56. The highest BCUT2D eigenvalue weighted by Gasteiger charge is 2.38. The van der Waals surface area contributed by atoms with Crippen LogP contribution in [0.1, 0.15) is 12.8 Å². The van der Waals surface area contributed by atoms with Crippen LogP contribution in [-0.4, -0.2) is 5.25 Å². The highest BCUT2D eigenvalue weighted by molar-refractivity contribution is 8.04. The zero-order chi connectivity index (χ0) is 34.2. The van der Waals surface area contributed by atoms with Crippen LogP contribution in [0.2, 0.25) is 0 Å². The highest BCUT2D eigenvalue weighted by atomic mass is 32.2. The van der Waals surface area contributed by atoms with E-state index in [0.29, 0.717) is 11.2 Å². The molecule has 2 aromatic heterocycles. The number of fused-ring (bicyclic) bond motifs is 9. The van der Waals surface area contributed by atoms with E-state index in [2.05, 4.69) is 163 Å². The molecule has 8 aromatic rings. The highest BCUT2D eigenvalue weighted by Crippen LogP contribution is 2.55. The lowest BCUT2D eigenvalue weighted by Gasteiger charge is -2.32. The lowest BCUT2D eigenvalue weighted by molar-refractivity contribution is 0.670. The van der Waals surface area contributed by atoms with Gasteiger partial charge in [-0.1, -0.05) is 134 Å². The van der Waals surface area contributed by atoms with Gasteiger partial charge in [0.2, 0.25) is 0 Å². The number of para-hydroxylation sites is 2. The third-order valence-electron chi connectivity index (χ3n) is 10.9. The molecular weight excluding hydrogens is 671 g/mol. The fraction of sp³-hybridized carbons (Fsp3) is 0.0833. The minimum atomic E-state index is 0.425. The molecule has 6 aromatic carbocycles. The van der Waals surface area contributed by atoms with Crippen LogP contribution < -0.4 is 4.90 Å². The first-order chi connectivity index (χ1) is 25.8. The van der Waals surface area contributed by atoms with Crippen molar-refractivity contribution in [1.29, 1.82) is 0 Å². The summed E-state index contributed by atoms with van der Waals surface area (Å²) in [7, 11) is 0. The number of rotatable bonds is 5. The van der Waals surface area contributed by atoms with Crippen LogP contribution in [0.5, 0.6) is 0 Å². The molecule has 0 saturated carbocycles. The summed E-state index contributed by atoms with van der Waals surface area (Å²) in [5.41, 5.74) is 11.8. The summed E-state index contributed by atoms with van der Waals surface area (Å²) in [5.74, 6) is 0.425. The molecule has 1 fully saturated rings. The fourth-order valence-corrected chi connectivity index (χ4v) is 11.3. The van der Waals surface area contributed by atoms with Crippen LogP contribution in [-0.2, 0) is 0 Å². The van der Waals surface area contributed by atoms with Gasteiger partial charge in [-0.25, -0.2) is 0 Å². The van der Waals surface area contributed by atoms with Crippen LogP contribution in [0.15, 0.2) is 184 Å². The van der Waals surface area contributed by atoms with Crippen molar-refractivity contribution in [3.05, 3.63) is 180 Å². The molecule has 1 saturated heterocycles. The van der Waals surface area contributed by atoms with Gasteiger partial charge >= 0.3 is 0 Å². The molecule has 0 N–H and O–H groups in total. The monoisotopic (exact) mass is 703 g/mol. The Labute approximate surface area is 310 Å². The van der Waals surface area contributed by atoms with E-state index >= 15 is 0 Å². The number of anilines is 2. The second-order valence-corrected chi connectivity index (χ2v) is 16.1. The molecule has 0 spiro atoms. The van der Waals surface area contributed by atoms with E-state index in [4.69, 9.17) is 4.42 Å². The molecule has 2 nitrogen and oxygen atoms in total. The molecule has 3 aliphatic rings. The van der Waals surface area contributed by atoms with E-state index in [9.17, 15) is 0 Å². The predicted molar refractivity (Wildman–Crippen MR) is 224 cm³/mol. The molecule has 2 aliphatic carbocycles. The van der Waals surface area contributed by atoms with Crippen molar-refractivity contribution in [3.63, 3.8) is 0 Å². The summed E-state index contributed by atoms with van der Waals surface area (Å²) in [6, 6.07) is 48.6. The molecule has 2 unspecified atom stereocenters. The minimum absolute atomic E-state index is 0.425. The average molecular weight is 704 g/mol. The quantitative estimate of drug-likeness (QED) is 0.178. The Kier molecular flexibility index (Phi) is 6.96. The van der Waals surface area contributed by atoms with Crippen molar-refractivity contribution in [1.82, 2.24) is 0 Å². The van der Waals surface area contributed by atoms with Gasteiger partial charge in [-0.3, -0.25) is 0 Å². The van der Waals surface area contributed by atoms with E-state index in [0.717, 1.165) is 45.9 Å². The van der Waals surface area contributed by atoms with Crippen LogP contribution in [0.25, 0.3) is 64.4 Å². The van der Waals surface area contributed by atoms with Crippen LogP contribution in [0.4, 0.5) is 11.4 Å². The smallest absolute Gasteiger partial charge is 0.143 e. The summed E-state index contributed by atoms with van der Waals surface area (Å²) in [6.45, 7) is 0. The van der Waals surface area contributed by atoms with Crippen molar-refractivity contribution in [2.45, 2.75) is 18.1 Å². The Morgan fingerprint density at radius 2 is 1.42 bits per heavy atom. The Balaban J connectivity index is 1.18. The van der Waals surface area contributed by atoms with Crippen LogP contribution in [0.3, 0.4) is 0 Å². The molecule has 52 heavy (non-hydrogen) atoms. The Morgan fingerprint density at radius 3 is 2.37 bits per heavy atom. The minimum Gasteiger partial charge on any atom is -0.455 e. The first kappa shape index (κ1) is 30.1. The largest absolute Gasteiger partial charge is 0.455 e. The summed E-state index contributed by atoms with van der Waals surface area (Å²) < 4.78 is 9.25. The molecule has 3 heterocycles. The van der Waals surface area contributed by atoms with Gasteiger partial charge in [0.15, 0.2) is 0 Å². The van der Waals surface area contributed by atoms with Crippen molar-refractivity contribution < 1.29 is 4.42 Å². The van der Waals surface area contributed by atoms with E-state index in [1.807, 2.05) is 29.2 Å². The topological polar surface area (TPSA) is 16.4 Å². The zero-order valence-corrected chi connectivity index (χ0v) is 30.0. The lowest BCUT2D eigenvalue weighted by atomic mass is 9.87. The van der Waals surface area contributed by atoms with E-state index in [-0.39, 0.29) is 0 Å². The molecule has 11 rings (SSSR count). The van der Waals surface area contributed by atoms with Crippen molar-refractivity contribution >= 4 is 76.6 Å². The standard InChI is InChI=1S/C48H33NOS2/c1-2-13-30(14-3-1)40-29-31(27-28-32(40)36-18-10-19-37-33-15-4-7-24-43(33)50-46(36)37)49(41-22-11-20-38-34-16-5-8-25-44(34)51-47(38)41)42-23-12-21-39-35-17-6-9-26-45(35)52-48(39)42/h1-11,13-22,24-29,35,45H,12,23H2. The Bertz CT molecular complexity index is 2850. The maximum atomic E-state index is 6.61. The van der Waals surface area contributed by atoms with Gasteiger partial charge in [-0.05, 0) is 65.4 Å². The number of hydrogen-bond acceptors (Lipinski definition) is 4. The molecule has 4 heteroatoms. The first-order valence-electron chi connectivity index (χ1n) is 18.1. The third kappa shape index (κ3) is 4.64. The third-order valence-corrected chi connectivity index (χ3v) is 13.5. The van der Waals surface area contributed by atoms with Gasteiger partial charge in [0, 0.05) is 59.3 Å². The maximum absolute atomic E-state index is 6.61. The maximum Gasteiger partial charge on any atom is 0.143 e. The molecular formula is C48H33NOS2. The van der Waals surface area contributed by atoms with Gasteiger partial charge in [-0.2, -0.15) is 0 Å². The number of thioether (sulfide) groups is 1. The number of benzene rings is 6. The Morgan fingerprint density at radius 1 is 0.635 bits per heavy atom. The normalized spacial score (nSPS) is 18.0. The first-order valence-corrected chi connectivity index (χ1v) is 19.8. The van der Waals surface area contributed by atoms with Crippen molar-refractivity contribution in [2.75, 3.05) is 4.90 Å². The van der Waals surface area contributed by atoms with E-state index < -0.39 is 0 Å². The number of nitrogens with zero attached hydrogens (tertiary/aromatic N) is 1. The summed E-state index contributed by atoms with van der Waals surface area (Å²) in [6.07, 6.45) is 13.8. The van der Waals surface area contributed by atoms with Gasteiger partial charge in [0.05, 0.1) is 10.4 Å². The molecule has 0 radical (unpaired) electrons. The van der Waals surface area contributed by atoms with Gasteiger partial charge < -0.3 is 9.32 Å². The average Bonchev–Trinajstić information content (AvgIpc) is 3.91. The SMILES string of the molecule is C1=CC2SC3=C(N(c4ccc(-c5cccc6c5oc5ccccc56)c(-c5ccccc5)c4)c4cccc5c4sc4ccccc45)CCC=C3C2C=C1. The number of thiophene rings is 1. The molecule has 0 bridgehead atoms. The number of allylic oxidation sites excluding steroid dienone is 6. The number of hydrogen-bond donors (Lipinski definition) is 0. The van der Waals surface area contributed by atoms with Crippen molar-refractivity contribution in [3.8, 4) is 22.3 Å². The lowest BCUT2D eigenvalue weighted by Crippen LogP contribution is -2.20. The zero-order valence-electron chi connectivity index (χ0n) is 28.3. The van der Waals surface area contributed by atoms with Gasteiger partial charge in [0.1, 0.15) is 11.2 Å². The molecule has 1 aliphatic heterocycles. The van der Waals surface area contributed by atoms with Crippen LogP contribution in [0, 0.1) is 5.92 Å². The number of furan rings is 1. The second-order valence-electron chi connectivity index (χ2n) is 13.8. The Hall–Kier alpha value is -5.55. The second kappa shape index (κ2) is 12.0. The molecule has 248 valence electrons. The van der Waals surface area contributed by atoms with Crippen molar-refractivity contribution in [2.24, 2.45) is 5.92 Å². The van der Waals surface area contributed by atoms with Crippen LogP contribution >= 0.6 is 23.1 Å². The molecule has 0 amide bonds. The summed E-state index contributed by atoms with van der Waals surface area (Å²) in [4.78, 5) is 4.04. The predicted octanol–water partition coefficient (Wildman–Crippen LogP) is 14.2. The van der Waals surface area contributed by atoms with E-state index in [1.54, 1.807) is 0 Å². The molecule has 2 atom stereocenters. The van der Waals surface area contributed by atoms with E-state index in [1.165, 1.54) is 58.8 Å². The summed E-state index contributed by atoms with van der Waals surface area (Å²) in [5, 5.41) is 5.37.